The Bertz CT molecular complexity index is 734. The summed E-state index contributed by atoms with van der Waals surface area (Å²) in [4.78, 5) is 12.8. The van der Waals surface area contributed by atoms with Gasteiger partial charge in [-0.25, -0.2) is 0 Å². The number of fused-ring (bicyclic) bond motifs is 2. The van der Waals surface area contributed by atoms with Crippen molar-refractivity contribution in [3.05, 3.63) is 53.3 Å². The lowest BCUT2D eigenvalue weighted by molar-refractivity contribution is 0.0923. The first-order valence-electron chi connectivity index (χ1n) is 9.38. The Morgan fingerprint density at radius 3 is 2.58 bits per heavy atom. The van der Waals surface area contributed by atoms with Gasteiger partial charge in [0.05, 0.1) is 24.0 Å². The Morgan fingerprint density at radius 2 is 1.92 bits per heavy atom. The number of aromatic nitrogens is 2. The van der Waals surface area contributed by atoms with Crippen molar-refractivity contribution in [2.24, 2.45) is 0 Å². The van der Waals surface area contributed by atoms with Crippen LogP contribution < -0.4 is 10.6 Å². The van der Waals surface area contributed by atoms with Crippen LogP contribution in [-0.2, 0) is 13.0 Å². The van der Waals surface area contributed by atoms with Gasteiger partial charge in [-0.3, -0.25) is 9.48 Å². The topological polar surface area (TPSA) is 59.0 Å². The van der Waals surface area contributed by atoms with E-state index in [4.69, 9.17) is 0 Å². The standard InChI is InChI=1S/C20H26N4O.ClH/c1-2-19-18(12-21-24(19)13-14-6-4-3-5-7-14)20(25)23-17-10-15-8-9-16(11-17)22-15;/h3-7,12,15-17,22H,2,8-11,13H2,1H3,(H,23,25);1H. The van der Waals surface area contributed by atoms with Crippen molar-refractivity contribution in [3.63, 3.8) is 0 Å². The summed E-state index contributed by atoms with van der Waals surface area (Å²) in [7, 11) is 0. The summed E-state index contributed by atoms with van der Waals surface area (Å²) in [5.74, 6) is 0.0301. The Hall–Kier alpha value is -1.85. The van der Waals surface area contributed by atoms with Gasteiger partial charge in [0.15, 0.2) is 0 Å². The molecule has 2 atom stereocenters. The Balaban J connectivity index is 0.00000196. The summed E-state index contributed by atoms with van der Waals surface area (Å²) in [5, 5.41) is 11.4. The lowest BCUT2D eigenvalue weighted by Crippen LogP contribution is -2.48. The Kier molecular flexibility index (Phi) is 5.99. The van der Waals surface area contributed by atoms with Gasteiger partial charge in [-0.1, -0.05) is 37.3 Å². The average Bonchev–Trinajstić information content (AvgIpc) is 3.18. The zero-order chi connectivity index (χ0) is 17.2. The van der Waals surface area contributed by atoms with E-state index in [-0.39, 0.29) is 24.4 Å². The lowest BCUT2D eigenvalue weighted by atomic mass is 9.99. The minimum atomic E-state index is 0. The third-order valence-corrected chi connectivity index (χ3v) is 5.51. The number of carbonyl (C=O) groups is 1. The molecule has 5 nitrogen and oxygen atoms in total. The van der Waals surface area contributed by atoms with E-state index >= 15 is 0 Å². The molecule has 2 aliphatic rings. The highest BCUT2D eigenvalue weighted by Gasteiger charge is 2.34. The molecule has 1 aromatic carbocycles. The molecule has 6 heteroatoms. The fourth-order valence-electron chi connectivity index (χ4n) is 4.30. The second-order valence-electron chi connectivity index (χ2n) is 7.28. The molecule has 1 amide bonds. The molecular weight excluding hydrogens is 348 g/mol. The lowest BCUT2D eigenvalue weighted by Gasteiger charge is -2.29. The molecule has 26 heavy (non-hydrogen) atoms. The second kappa shape index (κ2) is 8.23. The summed E-state index contributed by atoms with van der Waals surface area (Å²) in [6.45, 7) is 2.79. The summed E-state index contributed by atoms with van der Waals surface area (Å²) in [5.41, 5.74) is 2.93. The molecule has 1 aromatic heterocycles. The van der Waals surface area contributed by atoms with E-state index in [0.717, 1.165) is 30.5 Å². The molecule has 2 fully saturated rings. The van der Waals surface area contributed by atoms with Gasteiger partial charge in [-0.15, -0.1) is 12.4 Å². The number of nitrogens with zero attached hydrogens (tertiary/aromatic N) is 2. The highest BCUT2D eigenvalue weighted by molar-refractivity contribution is 5.95. The van der Waals surface area contributed by atoms with Gasteiger partial charge in [0.1, 0.15) is 0 Å². The van der Waals surface area contributed by atoms with Crippen molar-refractivity contribution in [1.29, 1.82) is 0 Å². The maximum absolute atomic E-state index is 12.8. The highest BCUT2D eigenvalue weighted by atomic mass is 35.5. The monoisotopic (exact) mass is 374 g/mol. The van der Waals surface area contributed by atoms with E-state index in [0.29, 0.717) is 18.6 Å². The van der Waals surface area contributed by atoms with Gasteiger partial charge in [0.2, 0.25) is 0 Å². The summed E-state index contributed by atoms with van der Waals surface area (Å²) in [6.07, 6.45) is 7.10. The fraction of sp³-hybridized carbons (Fsp3) is 0.500. The van der Waals surface area contributed by atoms with E-state index in [1.807, 2.05) is 22.9 Å². The number of halogens is 1. The number of nitrogens with one attached hydrogen (secondary N) is 2. The number of benzene rings is 1. The average molecular weight is 375 g/mol. The number of carbonyl (C=O) groups excluding carboxylic acids is 1. The molecule has 2 aliphatic heterocycles. The van der Waals surface area contributed by atoms with Crippen molar-refractivity contribution in [1.82, 2.24) is 20.4 Å². The van der Waals surface area contributed by atoms with Crippen LogP contribution in [0.3, 0.4) is 0 Å². The third-order valence-electron chi connectivity index (χ3n) is 5.51. The predicted octanol–water partition coefficient (Wildman–Crippen LogP) is 2.93. The van der Waals surface area contributed by atoms with Crippen molar-refractivity contribution in [2.45, 2.75) is 63.7 Å². The van der Waals surface area contributed by atoms with Gasteiger partial charge in [0.25, 0.3) is 5.91 Å². The van der Waals surface area contributed by atoms with E-state index < -0.39 is 0 Å². The molecule has 0 radical (unpaired) electrons. The molecule has 0 saturated carbocycles. The number of piperidine rings is 1. The number of hydrogen-bond acceptors (Lipinski definition) is 3. The Labute approximate surface area is 161 Å². The molecule has 2 bridgehead atoms. The fourth-order valence-corrected chi connectivity index (χ4v) is 4.30. The first-order valence-corrected chi connectivity index (χ1v) is 9.38. The van der Waals surface area contributed by atoms with Crippen LogP contribution in [0.5, 0.6) is 0 Å². The van der Waals surface area contributed by atoms with Crippen molar-refractivity contribution >= 4 is 18.3 Å². The van der Waals surface area contributed by atoms with Crippen molar-refractivity contribution in [2.75, 3.05) is 0 Å². The number of amides is 1. The normalized spacial score (nSPS) is 24.1. The van der Waals surface area contributed by atoms with Gasteiger partial charge in [0, 0.05) is 18.1 Å². The largest absolute Gasteiger partial charge is 0.349 e. The molecular formula is C20H27ClN4O. The van der Waals surface area contributed by atoms with Crippen LogP contribution in [0.4, 0.5) is 0 Å². The second-order valence-corrected chi connectivity index (χ2v) is 7.28. The molecule has 2 saturated heterocycles. The molecule has 2 N–H and O–H groups in total. The van der Waals surface area contributed by atoms with Crippen LogP contribution in [0.15, 0.2) is 36.5 Å². The molecule has 2 aromatic rings. The van der Waals surface area contributed by atoms with Crippen LogP contribution in [0, 0.1) is 0 Å². The SMILES string of the molecule is CCc1c(C(=O)NC2CC3CCC(C2)N3)cnn1Cc1ccccc1.Cl. The zero-order valence-corrected chi connectivity index (χ0v) is 16.0. The van der Waals surface area contributed by atoms with Gasteiger partial charge < -0.3 is 10.6 Å². The minimum absolute atomic E-state index is 0. The van der Waals surface area contributed by atoms with Gasteiger partial charge in [-0.05, 0) is 37.7 Å². The quantitative estimate of drug-likeness (QED) is 0.846. The maximum Gasteiger partial charge on any atom is 0.254 e. The molecule has 2 unspecified atom stereocenters. The van der Waals surface area contributed by atoms with Gasteiger partial charge >= 0.3 is 0 Å². The van der Waals surface area contributed by atoms with E-state index in [1.54, 1.807) is 6.20 Å². The van der Waals surface area contributed by atoms with Crippen LogP contribution in [-0.4, -0.2) is 33.8 Å². The van der Waals surface area contributed by atoms with E-state index in [1.165, 1.54) is 18.4 Å². The van der Waals surface area contributed by atoms with Crippen molar-refractivity contribution in [3.8, 4) is 0 Å². The van der Waals surface area contributed by atoms with E-state index in [9.17, 15) is 4.79 Å². The molecule has 4 rings (SSSR count). The zero-order valence-electron chi connectivity index (χ0n) is 15.1. The maximum atomic E-state index is 12.8. The first-order chi connectivity index (χ1) is 12.2. The Morgan fingerprint density at radius 1 is 1.23 bits per heavy atom. The number of rotatable bonds is 5. The molecule has 140 valence electrons. The summed E-state index contributed by atoms with van der Waals surface area (Å²) in [6, 6.07) is 11.7. The minimum Gasteiger partial charge on any atom is -0.349 e. The molecule has 0 spiro atoms. The smallest absolute Gasteiger partial charge is 0.254 e. The van der Waals surface area contributed by atoms with E-state index in [2.05, 4.69) is 34.8 Å². The number of hydrogen-bond donors (Lipinski definition) is 2. The van der Waals surface area contributed by atoms with Crippen LogP contribution >= 0.6 is 12.4 Å². The molecule has 0 aliphatic carbocycles. The van der Waals surface area contributed by atoms with Crippen LogP contribution in [0.2, 0.25) is 0 Å². The van der Waals surface area contributed by atoms with Gasteiger partial charge in [-0.2, -0.15) is 5.10 Å². The van der Waals surface area contributed by atoms with Crippen molar-refractivity contribution < 1.29 is 4.79 Å². The first kappa shape index (κ1) is 18.9. The van der Waals surface area contributed by atoms with Crippen LogP contribution in [0.1, 0.15) is 54.2 Å². The van der Waals surface area contributed by atoms with Crippen LogP contribution in [0.25, 0.3) is 0 Å². The third kappa shape index (κ3) is 3.94. The molecule has 3 heterocycles. The summed E-state index contributed by atoms with van der Waals surface area (Å²) >= 11 is 0. The summed E-state index contributed by atoms with van der Waals surface area (Å²) < 4.78 is 1.95. The predicted molar refractivity (Wildman–Crippen MR) is 105 cm³/mol. The highest BCUT2D eigenvalue weighted by Crippen LogP contribution is 2.27.